The lowest BCUT2D eigenvalue weighted by Crippen LogP contribution is -2.41. The van der Waals surface area contributed by atoms with E-state index in [0.717, 1.165) is 11.1 Å². The average molecular weight is 446 g/mol. The van der Waals surface area contributed by atoms with E-state index in [1.165, 1.54) is 29.7 Å². The lowest BCUT2D eigenvalue weighted by Gasteiger charge is -2.30. The first-order valence-corrected chi connectivity index (χ1v) is 11.6. The summed E-state index contributed by atoms with van der Waals surface area (Å²) in [4.78, 5) is 29.0. The molecule has 8 nitrogen and oxygen atoms in total. The number of amides is 1. The van der Waals surface area contributed by atoms with Gasteiger partial charge in [-0.25, -0.2) is 8.42 Å². The molecule has 1 saturated heterocycles. The lowest BCUT2D eigenvalue weighted by molar-refractivity contribution is -0.158. The Kier molecular flexibility index (Phi) is 7.07. The Hall–Kier alpha value is -2.78. The molecule has 31 heavy (non-hydrogen) atoms. The molecule has 1 fully saturated rings. The summed E-state index contributed by atoms with van der Waals surface area (Å²) < 4.78 is 32.1. The quantitative estimate of drug-likeness (QED) is 0.686. The number of esters is 1. The number of benzene rings is 1. The highest BCUT2D eigenvalue weighted by Gasteiger charge is 2.34. The van der Waals surface area contributed by atoms with Crippen LogP contribution in [0.3, 0.4) is 0 Å². The number of piperidine rings is 1. The fourth-order valence-electron chi connectivity index (χ4n) is 3.41. The molecular weight excluding hydrogens is 418 g/mol. The van der Waals surface area contributed by atoms with E-state index in [1.54, 1.807) is 6.07 Å². The Morgan fingerprint density at radius 2 is 1.90 bits per heavy atom. The normalized spacial score (nSPS) is 16.5. The van der Waals surface area contributed by atoms with Crippen molar-refractivity contribution in [3.05, 3.63) is 53.9 Å². The molecule has 3 rings (SSSR count). The molecule has 0 bridgehead atoms. The van der Waals surface area contributed by atoms with Crippen molar-refractivity contribution in [1.29, 1.82) is 0 Å². The molecule has 0 spiro atoms. The summed E-state index contributed by atoms with van der Waals surface area (Å²) in [6.45, 7) is 5.76. The number of anilines is 1. The predicted octanol–water partition coefficient (Wildman–Crippen LogP) is 2.67. The smallest absolute Gasteiger partial charge is 0.309 e. The molecule has 1 atom stereocenters. The molecule has 2 aromatic rings. The van der Waals surface area contributed by atoms with Gasteiger partial charge in [-0.1, -0.05) is 12.1 Å². The number of hydrogen-bond acceptors (Lipinski definition) is 6. The predicted molar refractivity (Wildman–Crippen MR) is 116 cm³/mol. The Bertz CT molecular complexity index is 1050. The Labute approximate surface area is 182 Å². The third kappa shape index (κ3) is 5.48. The van der Waals surface area contributed by atoms with Gasteiger partial charge in [-0.2, -0.15) is 4.31 Å². The summed E-state index contributed by atoms with van der Waals surface area (Å²) in [6, 6.07) is 8.80. The molecule has 9 heteroatoms. The molecule has 1 aromatic carbocycles. The molecule has 1 aliphatic heterocycles. The maximum Gasteiger partial charge on any atom is 0.309 e. The summed E-state index contributed by atoms with van der Waals surface area (Å²) in [5.74, 6) is -1.34. The van der Waals surface area contributed by atoms with Crippen molar-refractivity contribution in [3.8, 4) is 0 Å². The second kappa shape index (κ2) is 9.57. The highest BCUT2D eigenvalue weighted by Crippen LogP contribution is 2.25. The van der Waals surface area contributed by atoms with Crippen molar-refractivity contribution < 1.29 is 22.7 Å². The van der Waals surface area contributed by atoms with Crippen molar-refractivity contribution in [2.45, 2.75) is 44.6 Å². The second-order valence-electron chi connectivity index (χ2n) is 7.75. The maximum absolute atomic E-state index is 12.7. The van der Waals surface area contributed by atoms with Crippen LogP contribution in [-0.2, 0) is 24.3 Å². The minimum atomic E-state index is -3.64. The topological polar surface area (TPSA) is 106 Å². The lowest BCUT2D eigenvalue weighted by atomic mass is 9.98. The van der Waals surface area contributed by atoms with E-state index < -0.39 is 33.9 Å². The second-order valence-corrected chi connectivity index (χ2v) is 9.69. The van der Waals surface area contributed by atoms with Gasteiger partial charge in [0.1, 0.15) is 4.90 Å². The van der Waals surface area contributed by atoms with E-state index in [-0.39, 0.29) is 18.0 Å². The number of aryl methyl sites for hydroxylation is 2. The average Bonchev–Trinajstić information content (AvgIpc) is 2.76. The molecule has 0 saturated carbocycles. The summed E-state index contributed by atoms with van der Waals surface area (Å²) in [5, 5.41) is 2.79. The highest BCUT2D eigenvalue weighted by atomic mass is 32.2. The molecule has 1 N–H and O–H groups in total. The van der Waals surface area contributed by atoms with Gasteiger partial charge in [0.15, 0.2) is 6.10 Å². The van der Waals surface area contributed by atoms with E-state index in [4.69, 9.17) is 4.74 Å². The van der Waals surface area contributed by atoms with Crippen LogP contribution in [0.1, 0.15) is 30.9 Å². The Morgan fingerprint density at radius 1 is 1.19 bits per heavy atom. The molecule has 166 valence electrons. The molecule has 1 aromatic heterocycles. The molecule has 1 aliphatic rings. The van der Waals surface area contributed by atoms with Gasteiger partial charge in [0.25, 0.3) is 5.91 Å². The number of hydrogen-bond donors (Lipinski definition) is 1. The zero-order valence-electron chi connectivity index (χ0n) is 17.9. The number of ether oxygens (including phenoxy) is 1. The first-order valence-electron chi connectivity index (χ1n) is 10.2. The minimum Gasteiger partial charge on any atom is -0.452 e. The monoisotopic (exact) mass is 445 g/mol. The summed E-state index contributed by atoms with van der Waals surface area (Å²) >= 11 is 0. The molecule has 0 aliphatic carbocycles. The molecule has 1 amide bonds. The largest absolute Gasteiger partial charge is 0.452 e. The third-order valence-electron chi connectivity index (χ3n) is 5.37. The highest BCUT2D eigenvalue weighted by molar-refractivity contribution is 7.89. The Balaban J connectivity index is 1.53. The first-order chi connectivity index (χ1) is 14.7. The van der Waals surface area contributed by atoms with E-state index >= 15 is 0 Å². The summed E-state index contributed by atoms with van der Waals surface area (Å²) in [7, 11) is -3.64. The van der Waals surface area contributed by atoms with Crippen LogP contribution in [-0.4, -0.2) is 48.8 Å². The van der Waals surface area contributed by atoms with Gasteiger partial charge in [0, 0.05) is 31.2 Å². The number of nitrogens with zero attached hydrogens (tertiary/aromatic N) is 2. The zero-order valence-corrected chi connectivity index (χ0v) is 18.7. The van der Waals surface area contributed by atoms with Gasteiger partial charge in [-0.05, 0) is 62.9 Å². The van der Waals surface area contributed by atoms with Gasteiger partial charge < -0.3 is 10.1 Å². The summed E-state index contributed by atoms with van der Waals surface area (Å²) in [5.41, 5.74) is 2.61. The van der Waals surface area contributed by atoms with Gasteiger partial charge in [0.2, 0.25) is 10.0 Å². The van der Waals surface area contributed by atoms with E-state index in [1.807, 2.05) is 32.0 Å². The van der Waals surface area contributed by atoms with Crippen LogP contribution in [0.15, 0.2) is 47.6 Å². The molecule has 0 radical (unpaired) electrons. The third-order valence-corrected chi connectivity index (χ3v) is 7.25. The van der Waals surface area contributed by atoms with Crippen molar-refractivity contribution in [2.75, 3.05) is 18.4 Å². The van der Waals surface area contributed by atoms with Crippen molar-refractivity contribution in [2.24, 2.45) is 5.92 Å². The van der Waals surface area contributed by atoms with Crippen molar-refractivity contribution in [3.63, 3.8) is 0 Å². The number of carbonyl (C=O) groups excluding carboxylic acids is 2. The van der Waals surface area contributed by atoms with Gasteiger partial charge >= 0.3 is 5.97 Å². The fraction of sp³-hybridized carbons (Fsp3) is 0.409. The number of carbonyl (C=O) groups is 2. The van der Waals surface area contributed by atoms with Crippen LogP contribution < -0.4 is 5.32 Å². The van der Waals surface area contributed by atoms with Gasteiger partial charge in [-0.3, -0.25) is 14.6 Å². The number of rotatable bonds is 6. The SMILES string of the molecule is Cc1ccc(C)c(NC(=O)C(C)OC(=O)C2CCN(S(=O)(=O)c3cccnc3)CC2)c1. The molecular formula is C22H27N3O5S. The fourth-order valence-corrected chi connectivity index (χ4v) is 4.84. The van der Waals surface area contributed by atoms with Crippen LogP contribution in [0.25, 0.3) is 0 Å². The number of aromatic nitrogens is 1. The van der Waals surface area contributed by atoms with Gasteiger partial charge in [0.05, 0.1) is 5.92 Å². The van der Waals surface area contributed by atoms with Crippen LogP contribution in [0.5, 0.6) is 0 Å². The van der Waals surface area contributed by atoms with Crippen molar-refractivity contribution >= 4 is 27.6 Å². The molecule has 1 unspecified atom stereocenters. The van der Waals surface area contributed by atoms with E-state index in [2.05, 4.69) is 10.3 Å². The number of nitrogens with one attached hydrogen (secondary N) is 1. The van der Waals surface area contributed by atoms with Crippen LogP contribution in [0.4, 0.5) is 5.69 Å². The van der Waals surface area contributed by atoms with E-state index in [9.17, 15) is 18.0 Å². The zero-order chi connectivity index (χ0) is 22.6. The van der Waals surface area contributed by atoms with Crippen LogP contribution in [0, 0.1) is 19.8 Å². The summed E-state index contributed by atoms with van der Waals surface area (Å²) in [6.07, 6.45) is 2.54. The Morgan fingerprint density at radius 3 is 2.55 bits per heavy atom. The van der Waals surface area contributed by atoms with Crippen LogP contribution >= 0.6 is 0 Å². The molecule has 2 heterocycles. The number of sulfonamides is 1. The van der Waals surface area contributed by atoms with Gasteiger partial charge in [-0.15, -0.1) is 0 Å². The number of pyridine rings is 1. The standard InChI is InChI=1S/C22H27N3O5S/c1-15-6-7-16(2)20(13-15)24-21(26)17(3)30-22(27)18-8-11-25(12-9-18)31(28,29)19-5-4-10-23-14-19/h4-7,10,13-14,17-18H,8-9,11-12H2,1-3H3,(H,24,26). The maximum atomic E-state index is 12.7. The first kappa shape index (κ1) is 22.9. The van der Waals surface area contributed by atoms with E-state index in [0.29, 0.717) is 18.5 Å². The van der Waals surface area contributed by atoms with Crippen molar-refractivity contribution in [1.82, 2.24) is 9.29 Å². The minimum absolute atomic E-state index is 0.132. The van der Waals surface area contributed by atoms with Crippen LogP contribution in [0.2, 0.25) is 0 Å².